The van der Waals surface area contributed by atoms with E-state index in [9.17, 15) is 40.2 Å². The van der Waals surface area contributed by atoms with Crippen LogP contribution in [0.3, 0.4) is 0 Å². The third kappa shape index (κ3) is 5.48. The Labute approximate surface area is 227 Å². The van der Waals surface area contributed by atoms with Gasteiger partial charge in [0.15, 0.2) is 0 Å². The second kappa shape index (κ2) is 11.0. The van der Waals surface area contributed by atoms with Gasteiger partial charge in [-0.1, -0.05) is 0 Å². The van der Waals surface area contributed by atoms with Gasteiger partial charge >= 0.3 is 11.9 Å². The fraction of sp³-hybridized carbons (Fsp3) is 0.103. The Bertz CT molecular complexity index is 1460. The van der Waals surface area contributed by atoms with E-state index in [0.717, 1.165) is 0 Å². The Morgan fingerprint density at radius 3 is 1.62 bits per heavy atom. The van der Waals surface area contributed by atoms with Crippen LogP contribution < -0.4 is 5.32 Å². The lowest BCUT2D eigenvalue weighted by Crippen LogP contribution is -2.02. The molecule has 0 aliphatic carbocycles. The van der Waals surface area contributed by atoms with Crippen LogP contribution in [-0.2, 0) is 15.9 Å². The normalized spacial score (nSPS) is 10.7. The molecule has 0 bridgehead atoms. The quantitative estimate of drug-likeness (QED) is 0.128. The molecule has 0 fully saturated rings. The number of hydrogen-bond donors (Lipinski definition) is 7. The van der Waals surface area contributed by atoms with Crippen molar-refractivity contribution in [2.45, 2.75) is 6.42 Å². The summed E-state index contributed by atoms with van der Waals surface area (Å²) in [5, 5.41) is 66.0. The Kier molecular flexibility index (Phi) is 7.57. The van der Waals surface area contributed by atoms with Crippen LogP contribution in [0.25, 0.3) is 11.1 Å². The average molecular weight is 548 g/mol. The van der Waals surface area contributed by atoms with Crippen molar-refractivity contribution in [3.8, 4) is 45.6 Å². The molecule has 206 valence electrons. The molecule has 0 unspecified atom stereocenters. The summed E-state index contributed by atoms with van der Waals surface area (Å²) in [5.74, 6) is -3.56. The Hall–Kier alpha value is -5.58. The van der Waals surface area contributed by atoms with E-state index in [1.807, 2.05) is 0 Å². The molecule has 4 rings (SSSR count). The predicted molar refractivity (Wildman–Crippen MR) is 144 cm³/mol. The molecule has 0 aliphatic heterocycles. The van der Waals surface area contributed by atoms with Crippen LogP contribution in [0.4, 0.5) is 11.4 Å². The number of aromatic hydroxyl groups is 6. The van der Waals surface area contributed by atoms with E-state index in [1.54, 1.807) is 0 Å². The number of carbonyl (C=O) groups is 2. The maximum Gasteiger partial charge on any atom is 0.337 e. The van der Waals surface area contributed by atoms with Crippen molar-refractivity contribution >= 4 is 23.3 Å². The van der Waals surface area contributed by atoms with E-state index < -0.39 is 34.9 Å². The van der Waals surface area contributed by atoms with Gasteiger partial charge in [0.2, 0.25) is 0 Å². The van der Waals surface area contributed by atoms with E-state index >= 15 is 0 Å². The van der Waals surface area contributed by atoms with Gasteiger partial charge in [-0.2, -0.15) is 0 Å². The van der Waals surface area contributed by atoms with Crippen molar-refractivity contribution in [2.75, 3.05) is 19.5 Å². The summed E-state index contributed by atoms with van der Waals surface area (Å²) in [6.45, 7) is 0. The molecule has 4 aromatic carbocycles. The van der Waals surface area contributed by atoms with Crippen molar-refractivity contribution < 1.29 is 49.7 Å². The Morgan fingerprint density at radius 1 is 0.625 bits per heavy atom. The third-order valence-corrected chi connectivity index (χ3v) is 6.10. The highest BCUT2D eigenvalue weighted by atomic mass is 16.5. The maximum absolute atomic E-state index is 11.8. The number of esters is 2. The number of methoxy groups -OCH3 is 2. The number of carbonyl (C=O) groups excluding carboxylic acids is 2. The summed E-state index contributed by atoms with van der Waals surface area (Å²) in [6, 6.07) is 13.0. The predicted octanol–water partition coefficient (Wildman–Crippen LogP) is 4.49. The maximum atomic E-state index is 11.8. The average Bonchev–Trinajstić information content (AvgIpc) is 2.91. The largest absolute Gasteiger partial charge is 0.508 e. The fourth-order valence-electron chi connectivity index (χ4n) is 4.20. The van der Waals surface area contributed by atoms with Gasteiger partial charge in [0.1, 0.15) is 34.5 Å². The summed E-state index contributed by atoms with van der Waals surface area (Å²) >= 11 is 0. The zero-order chi connectivity index (χ0) is 29.1. The number of benzene rings is 4. The van der Waals surface area contributed by atoms with Crippen molar-refractivity contribution in [1.29, 1.82) is 0 Å². The van der Waals surface area contributed by atoms with Crippen LogP contribution in [-0.4, -0.2) is 56.8 Å². The number of hydrogen-bond acceptors (Lipinski definition) is 11. The summed E-state index contributed by atoms with van der Waals surface area (Å²) < 4.78 is 9.36. The first kappa shape index (κ1) is 27.5. The lowest BCUT2D eigenvalue weighted by Gasteiger charge is -2.16. The molecule has 0 aromatic heterocycles. The molecule has 0 atom stereocenters. The highest BCUT2D eigenvalue weighted by Crippen LogP contribution is 2.48. The first-order valence-corrected chi connectivity index (χ1v) is 11.7. The summed E-state index contributed by atoms with van der Waals surface area (Å²) in [4.78, 5) is 23.6. The minimum Gasteiger partial charge on any atom is -0.508 e. The minimum absolute atomic E-state index is 0.0209. The summed E-state index contributed by atoms with van der Waals surface area (Å²) in [5.41, 5.74) is 0.715. The van der Waals surface area contributed by atoms with Gasteiger partial charge in [0.25, 0.3) is 0 Å². The number of phenols is 6. The van der Waals surface area contributed by atoms with Crippen molar-refractivity contribution in [3.63, 3.8) is 0 Å². The molecule has 0 amide bonds. The minimum atomic E-state index is -0.634. The first-order chi connectivity index (χ1) is 19.0. The van der Waals surface area contributed by atoms with E-state index in [0.29, 0.717) is 11.1 Å². The number of anilines is 2. The highest BCUT2D eigenvalue weighted by Gasteiger charge is 2.22. The van der Waals surface area contributed by atoms with E-state index in [2.05, 4.69) is 10.1 Å². The molecule has 7 N–H and O–H groups in total. The van der Waals surface area contributed by atoms with Gasteiger partial charge in [-0.25, -0.2) is 9.59 Å². The van der Waals surface area contributed by atoms with Gasteiger partial charge in [0, 0.05) is 24.2 Å². The van der Waals surface area contributed by atoms with Crippen molar-refractivity contribution in [2.24, 2.45) is 0 Å². The third-order valence-electron chi connectivity index (χ3n) is 6.10. The van der Waals surface area contributed by atoms with Crippen LogP contribution in [0, 0.1) is 0 Å². The lowest BCUT2D eigenvalue weighted by molar-refractivity contribution is 0.0592. The SMILES string of the molecule is COC(=O)c1ccc(O)c(Cc2cc(O)c(-c3c(O)cc(Nc4cc(C(=O)OC)ccc4O)cc3O)c(O)c2)c1. The second-order valence-corrected chi connectivity index (χ2v) is 8.76. The van der Waals surface area contributed by atoms with E-state index in [1.165, 1.54) is 74.9 Å². The fourth-order valence-corrected chi connectivity index (χ4v) is 4.20. The molecule has 0 heterocycles. The number of rotatable bonds is 7. The Balaban J connectivity index is 1.66. The topological polar surface area (TPSA) is 186 Å². The van der Waals surface area contributed by atoms with Crippen molar-refractivity contribution in [1.82, 2.24) is 0 Å². The lowest BCUT2D eigenvalue weighted by atomic mass is 9.95. The monoisotopic (exact) mass is 547 g/mol. The van der Waals surface area contributed by atoms with Gasteiger partial charge in [0.05, 0.1) is 42.2 Å². The van der Waals surface area contributed by atoms with Crippen LogP contribution in [0.5, 0.6) is 34.5 Å². The van der Waals surface area contributed by atoms with Gasteiger partial charge < -0.3 is 45.4 Å². The van der Waals surface area contributed by atoms with Crippen LogP contribution in [0.2, 0.25) is 0 Å². The summed E-state index contributed by atoms with van der Waals surface area (Å²) in [6.07, 6.45) is 0.0209. The molecular formula is C29H25NO10. The van der Waals surface area contributed by atoms with Crippen molar-refractivity contribution in [3.05, 3.63) is 82.9 Å². The van der Waals surface area contributed by atoms with Gasteiger partial charge in [-0.15, -0.1) is 0 Å². The molecule has 11 heteroatoms. The smallest absolute Gasteiger partial charge is 0.337 e. The van der Waals surface area contributed by atoms with E-state index in [-0.39, 0.29) is 51.5 Å². The summed E-state index contributed by atoms with van der Waals surface area (Å²) in [7, 11) is 2.43. The van der Waals surface area contributed by atoms with Gasteiger partial charge in [-0.3, -0.25) is 0 Å². The second-order valence-electron chi connectivity index (χ2n) is 8.76. The Morgan fingerprint density at radius 2 is 1.10 bits per heavy atom. The number of ether oxygens (including phenoxy) is 2. The van der Waals surface area contributed by atoms with Crippen LogP contribution in [0.1, 0.15) is 31.8 Å². The molecular weight excluding hydrogens is 522 g/mol. The molecule has 4 aromatic rings. The first-order valence-electron chi connectivity index (χ1n) is 11.7. The molecule has 11 nitrogen and oxygen atoms in total. The zero-order valence-electron chi connectivity index (χ0n) is 21.3. The van der Waals surface area contributed by atoms with Crippen LogP contribution >= 0.6 is 0 Å². The number of nitrogens with one attached hydrogen (secondary N) is 1. The zero-order valence-corrected chi connectivity index (χ0v) is 21.3. The molecule has 0 aliphatic rings. The van der Waals surface area contributed by atoms with Gasteiger partial charge in [-0.05, 0) is 59.7 Å². The highest BCUT2D eigenvalue weighted by molar-refractivity contribution is 5.92. The molecule has 0 radical (unpaired) electrons. The number of phenolic OH excluding ortho intramolecular Hbond substituents is 6. The molecule has 0 saturated heterocycles. The standard InChI is InChI=1S/C29H25NO10/c1-39-28(37)15-3-5-20(31)17(10-15)7-14-8-22(33)26(23(34)9-14)27-24(35)12-18(13-25(27)36)30-19-11-16(29(38)40-2)4-6-21(19)32/h3-6,8-13,30-36H,7H2,1-2H3. The molecule has 40 heavy (non-hydrogen) atoms. The molecule has 0 saturated carbocycles. The van der Waals surface area contributed by atoms with Crippen LogP contribution in [0.15, 0.2) is 60.7 Å². The van der Waals surface area contributed by atoms with E-state index in [4.69, 9.17) is 4.74 Å². The molecule has 0 spiro atoms.